The highest BCUT2D eigenvalue weighted by molar-refractivity contribution is 7.91. The van der Waals surface area contributed by atoms with Crippen molar-refractivity contribution in [3.05, 3.63) is 42.6 Å². The number of ether oxygens (including phenoxy) is 2. The van der Waals surface area contributed by atoms with E-state index in [1.54, 1.807) is 33.0 Å². The first-order valence-electron chi connectivity index (χ1n) is 16.3. The summed E-state index contributed by atoms with van der Waals surface area (Å²) in [6.45, 7) is 9.34. The van der Waals surface area contributed by atoms with Gasteiger partial charge in [0, 0.05) is 24.1 Å². The summed E-state index contributed by atoms with van der Waals surface area (Å²) in [5.41, 5.74) is -1.54. The number of fused-ring (bicyclic) bond motifs is 3. The highest BCUT2D eigenvalue weighted by Crippen LogP contribution is 2.45. The number of hydrogen-bond acceptors (Lipinski definition) is 9. The number of nitrogens with one attached hydrogen (secondary N) is 3. The molecule has 2 aliphatic carbocycles. The summed E-state index contributed by atoms with van der Waals surface area (Å²) in [5, 5.41) is 4.87. The van der Waals surface area contributed by atoms with E-state index in [1.165, 1.54) is 11.0 Å². The fraction of sp³-hybridized carbons (Fsp3) is 0.606. The van der Waals surface area contributed by atoms with Crippen LogP contribution in [0.5, 0.6) is 5.88 Å². The molecule has 4 aliphatic rings. The first-order chi connectivity index (χ1) is 22.2. The molecule has 0 aromatic carbocycles. The van der Waals surface area contributed by atoms with Crippen LogP contribution in [-0.4, -0.2) is 84.2 Å². The molecule has 1 saturated heterocycles. The Labute approximate surface area is 276 Å². The molecule has 0 spiro atoms. The molecule has 5 atom stereocenters. The van der Waals surface area contributed by atoms with Crippen LogP contribution in [0, 0.1) is 11.3 Å². The maximum Gasteiger partial charge on any atom is 0.407 e. The van der Waals surface area contributed by atoms with E-state index in [4.69, 9.17) is 9.47 Å². The highest BCUT2D eigenvalue weighted by Gasteiger charge is 2.62. The Morgan fingerprint density at radius 2 is 1.96 bits per heavy atom. The SMILES string of the molecule is C=C[C@H]1C[C@@]1(NC(=O)[C@@H]1C[C@@H]2CN1C(=O)[C@H](C(C)(C)C)NC(=O)OCCCCC/C=C/c1cccnc1O2)C(=O)NS(=O)(=O)C1CC1. The number of pyridine rings is 1. The molecule has 3 fully saturated rings. The maximum absolute atomic E-state index is 14.3. The monoisotopic (exact) mass is 671 g/mol. The van der Waals surface area contributed by atoms with E-state index in [1.807, 2.05) is 18.2 Å². The summed E-state index contributed by atoms with van der Waals surface area (Å²) < 4.78 is 39.1. The van der Waals surface area contributed by atoms with Crippen molar-refractivity contribution in [1.29, 1.82) is 0 Å². The summed E-state index contributed by atoms with van der Waals surface area (Å²) in [6.07, 6.45) is 10.1. The minimum atomic E-state index is -3.87. The van der Waals surface area contributed by atoms with Crippen molar-refractivity contribution in [2.75, 3.05) is 13.2 Å². The van der Waals surface area contributed by atoms with Gasteiger partial charge in [0.1, 0.15) is 23.7 Å². The van der Waals surface area contributed by atoms with Gasteiger partial charge in [-0.2, -0.15) is 0 Å². The van der Waals surface area contributed by atoms with Crippen LogP contribution in [0.1, 0.15) is 77.7 Å². The van der Waals surface area contributed by atoms with Gasteiger partial charge in [0.15, 0.2) is 0 Å². The third kappa shape index (κ3) is 7.96. The largest absolute Gasteiger partial charge is 0.472 e. The van der Waals surface area contributed by atoms with Gasteiger partial charge in [-0.15, -0.1) is 6.58 Å². The Morgan fingerprint density at radius 3 is 2.64 bits per heavy atom. The van der Waals surface area contributed by atoms with Crippen molar-refractivity contribution in [3.63, 3.8) is 0 Å². The van der Waals surface area contributed by atoms with E-state index in [9.17, 15) is 27.6 Å². The van der Waals surface area contributed by atoms with Gasteiger partial charge in [0.2, 0.25) is 27.7 Å². The molecule has 5 rings (SSSR count). The Hall–Kier alpha value is -3.94. The number of cyclic esters (lactones) is 1. The Kier molecular flexibility index (Phi) is 9.99. The van der Waals surface area contributed by atoms with Crippen molar-refractivity contribution in [2.24, 2.45) is 11.3 Å². The lowest BCUT2D eigenvalue weighted by Gasteiger charge is -2.35. The molecule has 4 amide bonds. The molecule has 2 saturated carbocycles. The standard InChI is InChI=1S/C33H45N5O8S/c1-5-22-19-33(22,30(41)37-47(43,44)24-14-15-24)36-27(39)25-18-23-20-38(25)29(40)26(32(2,3)4)35-31(42)45-17-10-8-6-7-9-12-21-13-11-16-34-28(21)46-23/h5,9,11-13,16,22-26H,1,6-8,10,14-15,17-20H2,2-4H3,(H,35,42)(H,36,39)(H,37,41)/b12-9+/t22-,23+,25-,26+,33-/m0/s1. The van der Waals surface area contributed by atoms with Gasteiger partial charge >= 0.3 is 6.09 Å². The van der Waals surface area contributed by atoms with E-state index >= 15 is 0 Å². The number of allylic oxidation sites excluding steroid dienone is 1. The Balaban J connectivity index is 1.44. The summed E-state index contributed by atoms with van der Waals surface area (Å²) in [5.74, 6) is -2.13. The number of aromatic nitrogens is 1. The minimum Gasteiger partial charge on any atom is -0.472 e. The highest BCUT2D eigenvalue weighted by atomic mass is 32.2. The van der Waals surface area contributed by atoms with Crippen LogP contribution in [0.25, 0.3) is 6.08 Å². The molecule has 47 heavy (non-hydrogen) atoms. The van der Waals surface area contributed by atoms with E-state index in [2.05, 4.69) is 26.9 Å². The predicted octanol–water partition coefficient (Wildman–Crippen LogP) is 2.83. The number of rotatable bonds is 6. The topological polar surface area (TPSA) is 173 Å². The van der Waals surface area contributed by atoms with Crippen LogP contribution in [0.4, 0.5) is 4.79 Å². The molecule has 2 bridgehead atoms. The first kappa shape index (κ1) is 34.4. The predicted molar refractivity (Wildman–Crippen MR) is 173 cm³/mol. The van der Waals surface area contributed by atoms with Crippen LogP contribution in [0.15, 0.2) is 37.1 Å². The molecule has 0 radical (unpaired) electrons. The summed E-state index contributed by atoms with van der Waals surface area (Å²) in [6, 6.07) is 1.51. The molecule has 1 aromatic rings. The van der Waals surface area contributed by atoms with Crippen molar-refractivity contribution in [1.82, 2.24) is 25.2 Å². The lowest BCUT2D eigenvalue weighted by atomic mass is 9.85. The zero-order chi connectivity index (χ0) is 34.0. The number of nitrogens with zero attached hydrogens (tertiary/aromatic N) is 2. The second-order valence-electron chi connectivity index (χ2n) is 13.9. The molecule has 14 heteroatoms. The summed E-state index contributed by atoms with van der Waals surface area (Å²) in [4.78, 5) is 60.3. The van der Waals surface area contributed by atoms with E-state index in [0.29, 0.717) is 25.1 Å². The third-order valence-corrected chi connectivity index (χ3v) is 10.9. The average molecular weight is 672 g/mol. The second kappa shape index (κ2) is 13.7. The smallest absolute Gasteiger partial charge is 0.407 e. The molecule has 1 aromatic heterocycles. The van der Waals surface area contributed by atoms with E-state index < -0.39 is 74.1 Å². The maximum atomic E-state index is 14.3. The molecule has 0 unspecified atom stereocenters. The van der Waals surface area contributed by atoms with Gasteiger partial charge in [-0.3, -0.25) is 19.1 Å². The number of carbonyl (C=O) groups is 4. The number of sulfonamides is 1. The molecule has 256 valence electrons. The Morgan fingerprint density at radius 1 is 1.19 bits per heavy atom. The first-order valence-corrected chi connectivity index (χ1v) is 17.8. The quantitative estimate of drug-likeness (QED) is 0.385. The van der Waals surface area contributed by atoms with Crippen molar-refractivity contribution < 1.29 is 37.1 Å². The lowest BCUT2D eigenvalue weighted by molar-refractivity contribution is -0.142. The zero-order valence-corrected chi connectivity index (χ0v) is 28.0. The molecular weight excluding hydrogens is 626 g/mol. The minimum absolute atomic E-state index is 0.0000980. The van der Waals surface area contributed by atoms with Crippen LogP contribution < -0.4 is 20.1 Å². The molecule has 3 N–H and O–H groups in total. The van der Waals surface area contributed by atoms with E-state index in [0.717, 1.165) is 24.8 Å². The summed E-state index contributed by atoms with van der Waals surface area (Å²) >= 11 is 0. The van der Waals surface area contributed by atoms with Gasteiger partial charge in [-0.05, 0) is 62.5 Å². The van der Waals surface area contributed by atoms with Crippen molar-refractivity contribution in [2.45, 2.75) is 101 Å². The van der Waals surface area contributed by atoms with Crippen LogP contribution in [-0.2, 0) is 29.1 Å². The Bertz CT molecular complexity index is 1540. The zero-order valence-electron chi connectivity index (χ0n) is 27.2. The second-order valence-corrected chi connectivity index (χ2v) is 15.9. The number of alkyl carbamates (subject to hydrolysis) is 1. The molecule has 2 aliphatic heterocycles. The van der Waals surface area contributed by atoms with Gasteiger partial charge in [-0.25, -0.2) is 18.2 Å². The molecule has 3 heterocycles. The number of carbonyl (C=O) groups excluding carboxylic acids is 4. The summed E-state index contributed by atoms with van der Waals surface area (Å²) in [7, 11) is -3.87. The third-order valence-electron chi connectivity index (χ3n) is 9.10. The van der Waals surface area contributed by atoms with Gasteiger partial charge < -0.3 is 25.0 Å². The van der Waals surface area contributed by atoms with Crippen LogP contribution in [0.3, 0.4) is 0 Å². The van der Waals surface area contributed by atoms with Gasteiger partial charge in [-0.1, -0.05) is 39.0 Å². The van der Waals surface area contributed by atoms with Crippen LogP contribution >= 0.6 is 0 Å². The van der Waals surface area contributed by atoms with Gasteiger partial charge in [0.25, 0.3) is 5.91 Å². The fourth-order valence-electron chi connectivity index (χ4n) is 6.07. The van der Waals surface area contributed by atoms with Crippen molar-refractivity contribution >= 4 is 39.9 Å². The average Bonchev–Trinajstić information content (AvgIpc) is 3.93. The lowest BCUT2D eigenvalue weighted by Crippen LogP contribution is -2.60. The number of amides is 4. The normalized spacial score (nSPS) is 29.5. The van der Waals surface area contributed by atoms with Crippen LogP contribution in [0.2, 0.25) is 0 Å². The molecule has 13 nitrogen and oxygen atoms in total. The van der Waals surface area contributed by atoms with E-state index in [-0.39, 0.29) is 26.0 Å². The molecular formula is C33H45N5O8S. The van der Waals surface area contributed by atoms with Crippen molar-refractivity contribution in [3.8, 4) is 5.88 Å². The number of hydrogen-bond donors (Lipinski definition) is 3. The van der Waals surface area contributed by atoms with Gasteiger partial charge in [0.05, 0.1) is 18.4 Å². The fourth-order valence-corrected chi connectivity index (χ4v) is 7.43.